The van der Waals surface area contributed by atoms with E-state index in [0.29, 0.717) is 22.7 Å². The van der Waals surface area contributed by atoms with E-state index in [0.717, 1.165) is 17.9 Å². The summed E-state index contributed by atoms with van der Waals surface area (Å²) < 4.78 is 5.75. The second kappa shape index (κ2) is 7.69. The Morgan fingerprint density at radius 1 is 1.05 bits per heavy atom. The summed E-state index contributed by atoms with van der Waals surface area (Å²) >= 11 is 12.0. The molecule has 2 nitrogen and oxygen atoms in total. The van der Waals surface area contributed by atoms with Crippen LogP contribution in [-0.4, -0.2) is 6.04 Å². The van der Waals surface area contributed by atoms with Crippen molar-refractivity contribution in [3.8, 4) is 5.75 Å². The van der Waals surface area contributed by atoms with E-state index in [1.807, 2.05) is 24.3 Å². The van der Waals surface area contributed by atoms with Crippen LogP contribution in [0, 0.1) is 0 Å². The first kappa shape index (κ1) is 16.2. The molecule has 0 spiro atoms. The number of halogens is 2. The fourth-order valence-electron chi connectivity index (χ4n) is 1.83. The Kier molecular flexibility index (Phi) is 5.92. The Bertz CT molecular complexity index is 582. The highest BCUT2D eigenvalue weighted by molar-refractivity contribution is 6.35. The van der Waals surface area contributed by atoms with Crippen LogP contribution in [0.1, 0.15) is 25.0 Å². The predicted molar refractivity (Wildman–Crippen MR) is 89.2 cm³/mol. The van der Waals surface area contributed by atoms with Crippen LogP contribution in [0.2, 0.25) is 10.0 Å². The minimum atomic E-state index is 0.430. The van der Waals surface area contributed by atoms with Crippen LogP contribution in [0.15, 0.2) is 42.5 Å². The third-order valence-electron chi connectivity index (χ3n) is 3.05. The fraction of sp³-hybridized carbons (Fsp3) is 0.294. The molecule has 0 amide bonds. The van der Waals surface area contributed by atoms with Crippen LogP contribution in [0.25, 0.3) is 0 Å². The Morgan fingerprint density at radius 2 is 1.76 bits per heavy atom. The molecule has 0 saturated heterocycles. The lowest BCUT2D eigenvalue weighted by molar-refractivity contribution is 0.306. The molecular weight excluding hydrogens is 305 g/mol. The van der Waals surface area contributed by atoms with Crippen molar-refractivity contribution in [2.45, 2.75) is 33.0 Å². The summed E-state index contributed by atoms with van der Waals surface area (Å²) in [7, 11) is 0. The van der Waals surface area contributed by atoms with Crippen molar-refractivity contribution in [1.29, 1.82) is 0 Å². The van der Waals surface area contributed by atoms with Crippen LogP contribution < -0.4 is 10.1 Å². The molecule has 1 N–H and O–H groups in total. The maximum absolute atomic E-state index is 6.12. The predicted octanol–water partition coefficient (Wildman–Crippen LogP) is 5.07. The molecule has 0 bridgehead atoms. The van der Waals surface area contributed by atoms with Crippen LogP contribution >= 0.6 is 23.2 Å². The highest BCUT2D eigenvalue weighted by Gasteiger charge is 2.03. The lowest BCUT2D eigenvalue weighted by atomic mass is 10.2. The van der Waals surface area contributed by atoms with Gasteiger partial charge in [-0.1, -0.05) is 55.2 Å². The smallest absolute Gasteiger partial charge is 0.119 e. The summed E-state index contributed by atoms with van der Waals surface area (Å²) in [4.78, 5) is 0. The molecule has 0 fully saturated rings. The molecule has 0 aliphatic heterocycles. The van der Waals surface area contributed by atoms with E-state index in [9.17, 15) is 0 Å². The Morgan fingerprint density at radius 3 is 2.38 bits per heavy atom. The van der Waals surface area contributed by atoms with Crippen molar-refractivity contribution in [2.24, 2.45) is 0 Å². The van der Waals surface area contributed by atoms with Gasteiger partial charge in [-0.3, -0.25) is 0 Å². The number of nitrogens with one attached hydrogen (secondary N) is 1. The summed E-state index contributed by atoms with van der Waals surface area (Å²) in [6, 6.07) is 14.0. The number of hydrogen-bond donors (Lipinski definition) is 1. The second-order valence-corrected chi connectivity index (χ2v) is 6.05. The molecule has 0 atom stereocenters. The molecule has 0 aliphatic carbocycles. The quantitative estimate of drug-likeness (QED) is 0.801. The Balaban J connectivity index is 1.91. The molecule has 2 aromatic carbocycles. The van der Waals surface area contributed by atoms with E-state index in [1.165, 1.54) is 5.56 Å². The summed E-state index contributed by atoms with van der Waals surface area (Å²) in [5.74, 6) is 0.828. The van der Waals surface area contributed by atoms with Gasteiger partial charge in [-0.05, 0) is 29.8 Å². The SMILES string of the molecule is CC(C)NCc1ccc(OCc2ccc(Cl)cc2Cl)cc1. The lowest BCUT2D eigenvalue weighted by Crippen LogP contribution is -2.21. The first-order chi connectivity index (χ1) is 10.0. The van der Waals surface area contributed by atoms with Gasteiger partial charge in [-0.25, -0.2) is 0 Å². The largest absolute Gasteiger partial charge is 0.489 e. The van der Waals surface area contributed by atoms with Crippen LogP contribution in [0.5, 0.6) is 5.75 Å². The number of rotatable bonds is 6. The molecule has 112 valence electrons. The number of hydrogen-bond acceptors (Lipinski definition) is 2. The van der Waals surface area contributed by atoms with E-state index in [4.69, 9.17) is 27.9 Å². The van der Waals surface area contributed by atoms with Crippen LogP contribution in [0.3, 0.4) is 0 Å². The van der Waals surface area contributed by atoms with E-state index >= 15 is 0 Å². The molecule has 0 radical (unpaired) electrons. The molecule has 0 unspecified atom stereocenters. The van der Waals surface area contributed by atoms with Gasteiger partial charge in [0.1, 0.15) is 12.4 Å². The summed E-state index contributed by atoms with van der Waals surface area (Å²) in [6.45, 7) is 5.56. The Hall–Kier alpha value is -1.22. The second-order valence-electron chi connectivity index (χ2n) is 5.20. The Labute approximate surface area is 136 Å². The molecule has 21 heavy (non-hydrogen) atoms. The van der Waals surface area contributed by atoms with Gasteiger partial charge >= 0.3 is 0 Å². The third kappa shape index (κ3) is 5.24. The van der Waals surface area contributed by atoms with Gasteiger partial charge in [0.15, 0.2) is 0 Å². The summed E-state index contributed by atoms with van der Waals surface area (Å²) in [6.07, 6.45) is 0. The summed E-state index contributed by atoms with van der Waals surface area (Å²) in [5, 5.41) is 4.64. The minimum absolute atomic E-state index is 0.430. The molecule has 0 aromatic heterocycles. The van der Waals surface area contributed by atoms with Crippen molar-refractivity contribution < 1.29 is 4.74 Å². The zero-order valence-corrected chi connectivity index (χ0v) is 13.7. The molecule has 0 saturated carbocycles. The van der Waals surface area contributed by atoms with Gasteiger partial charge in [-0.15, -0.1) is 0 Å². The fourth-order valence-corrected chi connectivity index (χ4v) is 2.29. The number of benzene rings is 2. The van der Waals surface area contributed by atoms with Crippen molar-refractivity contribution in [3.63, 3.8) is 0 Å². The first-order valence-corrected chi connectivity index (χ1v) is 7.69. The van der Waals surface area contributed by atoms with Crippen molar-refractivity contribution in [1.82, 2.24) is 5.32 Å². The first-order valence-electron chi connectivity index (χ1n) is 6.93. The lowest BCUT2D eigenvalue weighted by Gasteiger charge is -2.10. The van der Waals surface area contributed by atoms with Gasteiger partial charge < -0.3 is 10.1 Å². The van der Waals surface area contributed by atoms with Gasteiger partial charge in [0, 0.05) is 28.2 Å². The van der Waals surface area contributed by atoms with Gasteiger partial charge in [0.2, 0.25) is 0 Å². The minimum Gasteiger partial charge on any atom is -0.489 e. The standard InChI is InChI=1S/C17H19Cl2NO/c1-12(2)20-10-13-3-7-16(8-4-13)21-11-14-5-6-15(18)9-17(14)19/h3-9,12,20H,10-11H2,1-2H3. The van der Waals surface area contributed by atoms with Gasteiger partial charge in [0.05, 0.1) is 0 Å². The average molecular weight is 324 g/mol. The highest BCUT2D eigenvalue weighted by atomic mass is 35.5. The molecule has 4 heteroatoms. The topological polar surface area (TPSA) is 21.3 Å². The molecule has 0 aliphatic rings. The average Bonchev–Trinajstić information content (AvgIpc) is 2.45. The van der Waals surface area contributed by atoms with Crippen molar-refractivity contribution in [3.05, 3.63) is 63.6 Å². The number of ether oxygens (including phenoxy) is 1. The monoisotopic (exact) mass is 323 g/mol. The van der Waals surface area contributed by atoms with Crippen LogP contribution in [-0.2, 0) is 13.2 Å². The van der Waals surface area contributed by atoms with Crippen molar-refractivity contribution in [2.75, 3.05) is 0 Å². The third-order valence-corrected chi connectivity index (χ3v) is 3.63. The van der Waals surface area contributed by atoms with E-state index in [-0.39, 0.29) is 0 Å². The highest BCUT2D eigenvalue weighted by Crippen LogP contribution is 2.22. The van der Waals surface area contributed by atoms with E-state index in [1.54, 1.807) is 6.07 Å². The maximum Gasteiger partial charge on any atom is 0.119 e. The van der Waals surface area contributed by atoms with Crippen LogP contribution in [0.4, 0.5) is 0 Å². The summed E-state index contributed by atoms with van der Waals surface area (Å²) in [5.41, 5.74) is 2.16. The molecular formula is C17H19Cl2NO. The molecule has 0 heterocycles. The normalized spacial score (nSPS) is 10.9. The van der Waals surface area contributed by atoms with Crippen molar-refractivity contribution >= 4 is 23.2 Å². The zero-order valence-electron chi connectivity index (χ0n) is 12.2. The van der Waals surface area contributed by atoms with E-state index < -0.39 is 0 Å². The van der Waals surface area contributed by atoms with Gasteiger partial charge in [0.25, 0.3) is 0 Å². The maximum atomic E-state index is 6.12. The van der Waals surface area contributed by atoms with E-state index in [2.05, 4.69) is 31.3 Å². The molecule has 2 rings (SSSR count). The molecule has 2 aromatic rings. The van der Waals surface area contributed by atoms with Gasteiger partial charge in [-0.2, -0.15) is 0 Å². The zero-order chi connectivity index (χ0) is 15.2.